The average Bonchev–Trinajstić information content (AvgIpc) is 3.62. The summed E-state index contributed by atoms with van der Waals surface area (Å²) in [5, 5.41) is 9.77. The van der Waals surface area contributed by atoms with E-state index in [0.717, 1.165) is 27.8 Å². The molecule has 4 aromatic rings. The van der Waals surface area contributed by atoms with Gasteiger partial charge in [-0.25, -0.2) is 4.79 Å². The first-order valence-electron chi connectivity index (χ1n) is 12.1. The van der Waals surface area contributed by atoms with Gasteiger partial charge in [0.2, 0.25) is 11.7 Å². The van der Waals surface area contributed by atoms with Crippen molar-refractivity contribution in [3.05, 3.63) is 60.1 Å². The number of aromatic nitrogens is 4. The zero-order chi connectivity index (χ0) is 24.8. The van der Waals surface area contributed by atoms with Crippen molar-refractivity contribution in [2.24, 2.45) is 7.05 Å². The lowest BCUT2D eigenvalue weighted by Crippen LogP contribution is -2.45. The van der Waals surface area contributed by atoms with Gasteiger partial charge in [0.15, 0.2) is 6.10 Å². The number of aryl methyl sites for hydroxylation is 2. The van der Waals surface area contributed by atoms with Gasteiger partial charge in [0.1, 0.15) is 0 Å². The van der Waals surface area contributed by atoms with Crippen LogP contribution in [0.5, 0.6) is 0 Å². The number of amides is 2. The Morgan fingerprint density at radius 2 is 1.86 bits per heavy atom. The number of piperidine rings is 1. The van der Waals surface area contributed by atoms with E-state index in [2.05, 4.69) is 15.2 Å². The van der Waals surface area contributed by atoms with E-state index in [1.165, 1.54) is 4.90 Å². The van der Waals surface area contributed by atoms with Crippen molar-refractivity contribution in [1.29, 1.82) is 0 Å². The summed E-state index contributed by atoms with van der Waals surface area (Å²) in [4.78, 5) is 33.3. The second-order valence-corrected chi connectivity index (χ2v) is 9.32. The van der Waals surface area contributed by atoms with Crippen LogP contribution in [0.15, 0.2) is 53.1 Å². The number of likely N-dealkylation sites (tertiary alicyclic amines) is 1. The van der Waals surface area contributed by atoms with Crippen LogP contribution in [0.25, 0.3) is 22.3 Å². The molecule has 2 aliphatic rings. The van der Waals surface area contributed by atoms with Gasteiger partial charge in [0.25, 0.3) is 5.91 Å². The number of anilines is 1. The molecule has 6 rings (SSSR count). The van der Waals surface area contributed by atoms with Crippen molar-refractivity contribution in [1.82, 2.24) is 24.8 Å². The molecule has 0 radical (unpaired) electrons. The van der Waals surface area contributed by atoms with Gasteiger partial charge >= 0.3 is 6.09 Å². The molecule has 1 atom stereocenters. The van der Waals surface area contributed by atoms with Crippen LogP contribution >= 0.6 is 0 Å². The number of cyclic esters (lactones) is 1. The fraction of sp³-hybridized carbons (Fsp3) is 0.346. The predicted octanol–water partition coefficient (Wildman–Crippen LogP) is 3.66. The monoisotopic (exact) mass is 486 g/mol. The molecule has 0 bridgehead atoms. The Morgan fingerprint density at radius 3 is 2.64 bits per heavy atom. The second-order valence-electron chi connectivity index (χ2n) is 9.32. The number of ether oxygens (including phenoxy) is 1. The number of nitrogens with zero attached hydrogens (tertiary/aromatic N) is 6. The van der Waals surface area contributed by atoms with E-state index in [-0.39, 0.29) is 18.4 Å². The normalized spacial score (nSPS) is 18.7. The number of benzene rings is 2. The minimum atomic E-state index is -0.796. The molecular weight excluding hydrogens is 460 g/mol. The maximum atomic E-state index is 13.1. The highest BCUT2D eigenvalue weighted by atomic mass is 16.6. The highest BCUT2D eigenvalue weighted by molar-refractivity contribution is 5.95. The summed E-state index contributed by atoms with van der Waals surface area (Å²) in [6.45, 7) is 3.29. The van der Waals surface area contributed by atoms with E-state index in [4.69, 9.17) is 9.26 Å². The Morgan fingerprint density at radius 1 is 1.08 bits per heavy atom. The minimum Gasteiger partial charge on any atom is -0.434 e. The lowest BCUT2D eigenvalue weighted by Gasteiger charge is -2.31. The van der Waals surface area contributed by atoms with Crippen molar-refractivity contribution < 1.29 is 18.8 Å². The molecular formula is C26H26N6O4. The molecule has 0 aliphatic carbocycles. The van der Waals surface area contributed by atoms with Crippen molar-refractivity contribution in [3.8, 4) is 11.4 Å². The summed E-state index contributed by atoms with van der Waals surface area (Å²) >= 11 is 0. The summed E-state index contributed by atoms with van der Waals surface area (Å²) in [7, 11) is 1.92. The quantitative estimate of drug-likeness (QED) is 0.433. The summed E-state index contributed by atoms with van der Waals surface area (Å²) in [5.74, 6) is 1.04. The maximum absolute atomic E-state index is 13.1. The Labute approximate surface area is 207 Å². The third-order valence-corrected chi connectivity index (χ3v) is 7.05. The fourth-order valence-corrected chi connectivity index (χ4v) is 5.06. The van der Waals surface area contributed by atoms with Gasteiger partial charge < -0.3 is 14.2 Å². The van der Waals surface area contributed by atoms with Gasteiger partial charge in [-0.2, -0.15) is 10.1 Å². The highest BCUT2D eigenvalue weighted by Gasteiger charge is 2.40. The first-order valence-corrected chi connectivity index (χ1v) is 12.1. The summed E-state index contributed by atoms with van der Waals surface area (Å²) in [6, 6.07) is 15.3. The van der Waals surface area contributed by atoms with Crippen LogP contribution in [0.2, 0.25) is 0 Å². The number of hydrogen-bond donors (Lipinski definition) is 0. The number of fused-ring (bicyclic) bond motifs is 1. The highest BCUT2D eigenvalue weighted by Crippen LogP contribution is 2.31. The molecule has 2 saturated heterocycles. The van der Waals surface area contributed by atoms with E-state index >= 15 is 0 Å². The molecule has 2 aliphatic heterocycles. The molecule has 2 aromatic heterocycles. The maximum Gasteiger partial charge on any atom is 0.415 e. The van der Waals surface area contributed by atoms with E-state index in [9.17, 15) is 9.59 Å². The van der Waals surface area contributed by atoms with Crippen LogP contribution in [0, 0.1) is 6.92 Å². The van der Waals surface area contributed by atoms with E-state index in [1.807, 2.05) is 67.2 Å². The Kier molecular flexibility index (Phi) is 5.43. The van der Waals surface area contributed by atoms with Crippen LogP contribution in [-0.4, -0.2) is 62.6 Å². The molecule has 0 N–H and O–H groups in total. The molecule has 4 heterocycles. The number of carbonyl (C=O) groups excluding carboxylic acids is 2. The fourth-order valence-electron chi connectivity index (χ4n) is 5.06. The van der Waals surface area contributed by atoms with E-state index in [0.29, 0.717) is 37.6 Å². The van der Waals surface area contributed by atoms with Crippen molar-refractivity contribution in [2.45, 2.75) is 31.8 Å². The van der Waals surface area contributed by atoms with Gasteiger partial charge in [-0.1, -0.05) is 35.5 Å². The Hall–Kier alpha value is -4.21. The summed E-state index contributed by atoms with van der Waals surface area (Å²) in [6.07, 6.45) is 0.120. The van der Waals surface area contributed by atoms with Crippen molar-refractivity contribution >= 4 is 28.6 Å². The Bertz CT molecular complexity index is 1440. The van der Waals surface area contributed by atoms with Gasteiger partial charge in [0, 0.05) is 42.7 Å². The number of carbonyl (C=O) groups is 2. The molecule has 10 heteroatoms. The molecule has 2 amide bonds. The standard InChI is InChI=1S/C26H26N6O4/c1-16-20-9-8-18(14-21(20)30(2)28-16)23-27-24(36-29-23)17-10-12-31(13-11-17)25(33)22-15-32(26(34)35-22)19-6-4-3-5-7-19/h3-9,14,17,22H,10-13,15H2,1-2H3/t22-/m1/s1. The zero-order valence-electron chi connectivity index (χ0n) is 20.1. The number of hydrogen-bond acceptors (Lipinski definition) is 7. The smallest absolute Gasteiger partial charge is 0.415 e. The minimum absolute atomic E-state index is 0.0740. The molecule has 0 spiro atoms. The third kappa shape index (κ3) is 3.88. The second kappa shape index (κ2) is 8.78. The van der Waals surface area contributed by atoms with Crippen LogP contribution in [0.3, 0.4) is 0 Å². The SMILES string of the molecule is Cc1nn(C)c2cc(-c3noc(C4CCN(C(=O)[C@H]5CN(c6ccccc6)C(=O)O5)CC4)n3)ccc12. The Balaban J connectivity index is 1.09. The lowest BCUT2D eigenvalue weighted by atomic mass is 9.96. The van der Waals surface area contributed by atoms with Gasteiger partial charge in [-0.15, -0.1) is 0 Å². The van der Waals surface area contributed by atoms with Gasteiger partial charge in [-0.3, -0.25) is 14.4 Å². The molecule has 0 unspecified atom stereocenters. The molecule has 10 nitrogen and oxygen atoms in total. The number of rotatable bonds is 4. The van der Waals surface area contributed by atoms with Crippen LogP contribution in [0.4, 0.5) is 10.5 Å². The number of para-hydroxylation sites is 1. The first-order chi connectivity index (χ1) is 17.5. The van der Waals surface area contributed by atoms with Gasteiger partial charge in [0.05, 0.1) is 17.8 Å². The van der Waals surface area contributed by atoms with Crippen LogP contribution in [0.1, 0.15) is 30.3 Å². The largest absolute Gasteiger partial charge is 0.434 e. The lowest BCUT2D eigenvalue weighted by molar-refractivity contribution is -0.139. The van der Waals surface area contributed by atoms with Crippen molar-refractivity contribution in [3.63, 3.8) is 0 Å². The molecule has 0 saturated carbocycles. The van der Waals surface area contributed by atoms with Crippen LogP contribution < -0.4 is 4.90 Å². The first kappa shape index (κ1) is 22.3. The average molecular weight is 487 g/mol. The molecule has 2 aromatic carbocycles. The summed E-state index contributed by atoms with van der Waals surface area (Å²) < 4.78 is 12.9. The molecule has 36 heavy (non-hydrogen) atoms. The zero-order valence-corrected chi connectivity index (χ0v) is 20.1. The summed E-state index contributed by atoms with van der Waals surface area (Å²) in [5.41, 5.74) is 3.59. The predicted molar refractivity (Wildman–Crippen MR) is 131 cm³/mol. The van der Waals surface area contributed by atoms with Crippen molar-refractivity contribution in [2.75, 3.05) is 24.5 Å². The van der Waals surface area contributed by atoms with Crippen LogP contribution in [-0.2, 0) is 16.6 Å². The third-order valence-electron chi connectivity index (χ3n) is 7.05. The molecule has 2 fully saturated rings. The van der Waals surface area contributed by atoms with Gasteiger partial charge in [-0.05, 0) is 38.0 Å². The van der Waals surface area contributed by atoms with E-state index < -0.39 is 12.2 Å². The molecule has 184 valence electrons. The topological polar surface area (TPSA) is 107 Å². The van der Waals surface area contributed by atoms with E-state index in [1.54, 1.807) is 4.90 Å².